The summed E-state index contributed by atoms with van der Waals surface area (Å²) in [7, 11) is 0. The van der Waals surface area contributed by atoms with Gasteiger partial charge in [-0.15, -0.1) is 0 Å². The first kappa shape index (κ1) is 11.2. The van der Waals surface area contributed by atoms with E-state index in [-0.39, 0.29) is 5.91 Å². The van der Waals surface area contributed by atoms with Gasteiger partial charge in [-0.2, -0.15) is 0 Å². The van der Waals surface area contributed by atoms with E-state index in [9.17, 15) is 4.79 Å². The standard InChI is InChI=1S/C12H13N3O2/c1-7-11(8(2)17-15-7)12(16)14-10-5-3-4-9(13)6-10/h3-6H,13H2,1-2H3,(H,14,16). The molecule has 1 aromatic carbocycles. The Bertz CT molecular complexity index is 541. The smallest absolute Gasteiger partial charge is 0.261 e. The normalized spacial score (nSPS) is 10.2. The summed E-state index contributed by atoms with van der Waals surface area (Å²) < 4.78 is 4.94. The first-order valence-electron chi connectivity index (χ1n) is 5.17. The van der Waals surface area contributed by atoms with E-state index in [1.54, 1.807) is 38.1 Å². The predicted molar refractivity (Wildman–Crippen MR) is 64.8 cm³/mol. The number of hydrogen-bond acceptors (Lipinski definition) is 4. The van der Waals surface area contributed by atoms with E-state index in [0.29, 0.717) is 28.4 Å². The average Bonchev–Trinajstić information content (AvgIpc) is 2.58. The summed E-state index contributed by atoms with van der Waals surface area (Å²) in [4.78, 5) is 12.0. The minimum atomic E-state index is -0.244. The first-order valence-corrected chi connectivity index (χ1v) is 5.17. The Labute approximate surface area is 98.6 Å². The quantitative estimate of drug-likeness (QED) is 0.776. The molecule has 2 rings (SSSR count). The van der Waals surface area contributed by atoms with Crippen LogP contribution in [0.15, 0.2) is 28.8 Å². The Balaban J connectivity index is 2.23. The van der Waals surface area contributed by atoms with Crippen molar-refractivity contribution in [1.82, 2.24) is 5.16 Å². The highest BCUT2D eigenvalue weighted by Crippen LogP contribution is 2.16. The van der Waals surface area contributed by atoms with Crippen LogP contribution in [0.3, 0.4) is 0 Å². The Morgan fingerprint density at radius 1 is 1.41 bits per heavy atom. The largest absolute Gasteiger partial charge is 0.399 e. The van der Waals surface area contributed by atoms with Gasteiger partial charge in [-0.05, 0) is 32.0 Å². The fraction of sp³-hybridized carbons (Fsp3) is 0.167. The minimum Gasteiger partial charge on any atom is -0.399 e. The topological polar surface area (TPSA) is 81.2 Å². The van der Waals surface area contributed by atoms with Crippen LogP contribution in [0.25, 0.3) is 0 Å². The lowest BCUT2D eigenvalue weighted by atomic mass is 10.2. The second-order valence-electron chi connectivity index (χ2n) is 3.78. The van der Waals surface area contributed by atoms with Gasteiger partial charge in [0.25, 0.3) is 5.91 Å². The van der Waals surface area contributed by atoms with Crippen LogP contribution in [-0.4, -0.2) is 11.1 Å². The van der Waals surface area contributed by atoms with E-state index in [4.69, 9.17) is 10.3 Å². The molecule has 1 heterocycles. The fourth-order valence-electron chi connectivity index (χ4n) is 1.62. The second-order valence-corrected chi connectivity index (χ2v) is 3.78. The Kier molecular flexibility index (Phi) is 2.82. The van der Waals surface area contributed by atoms with Gasteiger partial charge >= 0.3 is 0 Å². The van der Waals surface area contributed by atoms with Crippen LogP contribution < -0.4 is 11.1 Å². The molecule has 0 spiro atoms. The van der Waals surface area contributed by atoms with Crippen molar-refractivity contribution < 1.29 is 9.32 Å². The molecule has 0 aliphatic carbocycles. The molecule has 5 heteroatoms. The first-order chi connectivity index (χ1) is 8.08. The lowest BCUT2D eigenvalue weighted by Gasteiger charge is -2.05. The molecule has 0 saturated heterocycles. The van der Waals surface area contributed by atoms with Crippen LogP contribution in [0.4, 0.5) is 11.4 Å². The van der Waals surface area contributed by atoms with Gasteiger partial charge in [-0.1, -0.05) is 11.2 Å². The van der Waals surface area contributed by atoms with Gasteiger partial charge in [0.05, 0.1) is 5.69 Å². The SMILES string of the molecule is Cc1noc(C)c1C(=O)Nc1cccc(N)c1. The van der Waals surface area contributed by atoms with E-state index in [1.807, 2.05) is 0 Å². The number of carbonyl (C=O) groups excluding carboxylic acids is 1. The molecule has 3 N–H and O–H groups in total. The van der Waals surface area contributed by atoms with E-state index in [2.05, 4.69) is 10.5 Å². The predicted octanol–water partition coefficient (Wildman–Crippen LogP) is 2.13. The number of anilines is 2. The molecular weight excluding hydrogens is 218 g/mol. The van der Waals surface area contributed by atoms with Crippen LogP contribution in [0.5, 0.6) is 0 Å². The van der Waals surface area contributed by atoms with Crippen molar-refractivity contribution >= 4 is 17.3 Å². The number of carbonyl (C=O) groups is 1. The van der Waals surface area contributed by atoms with Crippen molar-refractivity contribution in [3.8, 4) is 0 Å². The van der Waals surface area contributed by atoms with Crippen LogP contribution >= 0.6 is 0 Å². The summed E-state index contributed by atoms with van der Waals surface area (Å²) >= 11 is 0. The van der Waals surface area contributed by atoms with Crippen LogP contribution in [0.2, 0.25) is 0 Å². The number of aromatic nitrogens is 1. The third-order valence-electron chi connectivity index (χ3n) is 2.40. The summed E-state index contributed by atoms with van der Waals surface area (Å²) in [6.07, 6.45) is 0. The fourth-order valence-corrected chi connectivity index (χ4v) is 1.62. The number of nitrogen functional groups attached to an aromatic ring is 1. The number of aryl methyl sites for hydroxylation is 2. The highest BCUT2D eigenvalue weighted by molar-refractivity contribution is 6.05. The number of benzene rings is 1. The van der Waals surface area contributed by atoms with Crippen LogP contribution in [0, 0.1) is 13.8 Å². The van der Waals surface area contributed by atoms with Crippen molar-refractivity contribution in [3.63, 3.8) is 0 Å². The zero-order chi connectivity index (χ0) is 12.4. The molecular formula is C12H13N3O2. The number of nitrogens with one attached hydrogen (secondary N) is 1. The molecule has 1 aromatic heterocycles. The lowest BCUT2D eigenvalue weighted by molar-refractivity contribution is 0.102. The summed E-state index contributed by atoms with van der Waals surface area (Å²) in [5.41, 5.74) is 7.92. The molecule has 0 bridgehead atoms. The number of rotatable bonds is 2. The maximum absolute atomic E-state index is 12.0. The third kappa shape index (κ3) is 2.28. The summed E-state index contributed by atoms with van der Waals surface area (Å²) in [5, 5.41) is 6.48. The maximum Gasteiger partial charge on any atom is 0.261 e. The van der Waals surface area contributed by atoms with Gasteiger partial charge < -0.3 is 15.6 Å². The van der Waals surface area contributed by atoms with Crippen molar-refractivity contribution in [3.05, 3.63) is 41.3 Å². The maximum atomic E-state index is 12.0. The Hall–Kier alpha value is -2.30. The molecule has 0 atom stereocenters. The van der Waals surface area contributed by atoms with Crippen molar-refractivity contribution in [2.24, 2.45) is 0 Å². The van der Waals surface area contributed by atoms with Gasteiger partial charge in [0, 0.05) is 11.4 Å². The number of hydrogen-bond donors (Lipinski definition) is 2. The van der Waals surface area contributed by atoms with Gasteiger partial charge in [-0.25, -0.2) is 0 Å². The Morgan fingerprint density at radius 2 is 2.18 bits per heavy atom. The molecule has 0 aliphatic heterocycles. The summed E-state index contributed by atoms with van der Waals surface area (Å²) in [6, 6.07) is 6.99. The molecule has 0 fully saturated rings. The molecule has 2 aromatic rings. The van der Waals surface area contributed by atoms with E-state index in [0.717, 1.165) is 0 Å². The zero-order valence-corrected chi connectivity index (χ0v) is 9.65. The minimum absolute atomic E-state index is 0.244. The molecule has 88 valence electrons. The van der Waals surface area contributed by atoms with Crippen molar-refractivity contribution in [1.29, 1.82) is 0 Å². The van der Waals surface area contributed by atoms with Gasteiger partial charge in [0.1, 0.15) is 11.3 Å². The number of amides is 1. The molecule has 0 radical (unpaired) electrons. The van der Waals surface area contributed by atoms with Gasteiger partial charge in [0.2, 0.25) is 0 Å². The average molecular weight is 231 g/mol. The molecule has 0 aliphatic rings. The molecule has 5 nitrogen and oxygen atoms in total. The highest BCUT2D eigenvalue weighted by atomic mass is 16.5. The molecule has 0 unspecified atom stereocenters. The molecule has 17 heavy (non-hydrogen) atoms. The lowest BCUT2D eigenvalue weighted by Crippen LogP contribution is -2.13. The second kappa shape index (κ2) is 4.29. The van der Waals surface area contributed by atoms with Crippen LogP contribution in [0.1, 0.15) is 21.8 Å². The van der Waals surface area contributed by atoms with Crippen LogP contribution in [-0.2, 0) is 0 Å². The highest BCUT2D eigenvalue weighted by Gasteiger charge is 2.17. The number of nitrogens with zero attached hydrogens (tertiary/aromatic N) is 1. The van der Waals surface area contributed by atoms with E-state index in [1.165, 1.54) is 0 Å². The summed E-state index contributed by atoms with van der Waals surface area (Å²) in [6.45, 7) is 3.43. The summed E-state index contributed by atoms with van der Waals surface area (Å²) in [5.74, 6) is 0.260. The van der Waals surface area contributed by atoms with E-state index < -0.39 is 0 Å². The third-order valence-corrected chi connectivity index (χ3v) is 2.40. The van der Waals surface area contributed by atoms with Crippen molar-refractivity contribution in [2.45, 2.75) is 13.8 Å². The monoisotopic (exact) mass is 231 g/mol. The molecule has 0 saturated carbocycles. The van der Waals surface area contributed by atoms with Crippen molar-refractivity contribution in [2.75, 3.05) is 11.1 Å². The Morgan fingerprint density at radius 3 is 2.76 bits per heavy atom. The molecule has 1 amide bonds. The van der Waals surface area contributed by atoms with E-state index >= 15 is 0 Å². The van der Waals surface area contributed by atoms with Gasteiger partial charge in [0.15, 0.2) is 0 Å². The van der Waals surface area contributed by atoms with Gasteiger partial charge in [-0.3, -0.25) is 4.79 Å². The zero-order valence-electron chi connectivity index (χ0n) is 9.65. The number of nitrogens with two attached hydrogens (primary N) is 1.